The van der Waals surface area contributed by atoms with Gasteiger partial charge in [0, 0.05) is 0 Å². The normalized spacial score (nSPS) is 11.5. The van der Waals surface area contributed by atoms with Crippen LogP contribution >= 0.6 is 0 Å². The molecule has 0 unspecified atom stereocenters. The second kappa shape index (κ2) is 15.0. The SMILES string of the molecule is CC(C)(C)c1ccc2c(c1)[cH-]c1cc(C(C)(C)C)ccc12.CCCCCC[C](=[Hf+2])c1ccccc1.c1cc[cH-]c1. The molecule has 0 radical (unpaired) electrons. The van der Waals surface area contributed by atoms with Gasteiger partial charge in [-0.3, -0.25) is 0 Å². The summed E-state index contributed by atoms with van der Waals surface area (Å²) in [6, 6.07) is 37.0. The molecule has 0 aliphatic heterocycles. The Balaban J connectivity index is 0.000000199. The molecule has 0 aromatic heterocycles. The molecular formula is C39H48Hf. The molecule has 0 aliphatic carbocycles. The molecule has 0 aliphatic rings. The van der Waals surface area contributed by atoms with E-state index in [0.717, 1.165) is 0 Å². The van der Waals surface area contributed by atoms with Crippen LogP contribution in [0.25, 0.3) is 21.5 Å². The second-order valence-corrected chi connectivity index (χ2v) is 15.0. The number of unbranched alkanes of at least 4 members (excludes halogenated alkanes) is 3. The summed E-state index contributed by atoms with van der Waals surface area (Å²) >= 11 is 1.21. The Bertz CT molecular complexity index is 1350. The average Bonchev–Trinajstić information content (AvgIpc) is 3.62. The summed E-state index contributed by atoms with van der Waals surface area (Å²) in [7, 11) is 0. The predicted molar refractivity (Wildman–Crippen MR) is 176 cm³/mol. The first kappa shape index (κ1) is 32.1. The molecule has 0 heterocycles. The molecule has 0 atom stereocenters. The van der Waals surface area contributed by atoms with Crippen LogP contribution in [0.4, 0.5) is 0 Å². The van der Waals surface area contributed by atoms with Crippen molar-refractivity contribution in [2.24, 2.45) is 0 Å². The summed E-state index contributed by atoms with van der Waals surface area (Å²) in [6.45, 7) is 15.9. The Kier molecular flexibility index (Phi) is 12.1. The fraction of sp³-hybridized carbons (Fsp3) is 0.359. The van der Waals surface area contributed by atoms with Crippen molar-refractivity contribution in [1.82, 2.24) is 0 Å². The number of rotatable bonds is 6. The van der Waals surface area contributed by atoms with Crippen LogP contribution in [0.5, 0.6) is 0 Å². The van der Waals surface area contributed by atoms with Crippen molar-refractivity contribution in [3.05, 3.63) is 120 Å². The summed E-state index contributed by atoms with van der Waals surface area (Å²) in [5.41, 5.74) is 4.68. The molecule has 0 spiro atoms. The van der Waals surface area contributed by atoms with E-state index in [-0.39, 0.29) is 10.8 Å². The van der Waals surface area contributed by atoms with Gasteiger partial charge in [0.1, 0.15) is 0 Å². The van der Waals surface area contributed by atoms with Gasteiger partial charge >= 0.3 is 102 Å². The molecule has 1 heteroatoms. The maximum atomic E-state index is 2.35. The summed E-state index contributed by atoms with van der Waals surface area (Å²) < 4.78 is 1.67. The number of hydrogen-bond donors (Lipinski definition) is 0. The van der Waals surface area contributed by atoms with Gasteiger partial charge in [0.05, 0.1) is 0 Å². The minimum atomic E-state index is 0.203. The van der Waals surface area contributed by atoms with Crippen molar-refractivity contribution in [3.8, 4) is 0 Å². The Morgan fingerprint density at radius 3 is 1.60 bits per heavy atom. The fourth-order valence-corrected chi connectivity index (χ4v) is 6.02. The van der Waals surface area contributed by atoms with E-state index >= 15 is 0 Å². The first-order valence-corrected chi connectivity index (χ1v) is 16.7. The van der Waals surface area contributed by atoms with Crippen molar-refractivity contribution < 1.29 is 23.9 Å². The Labute approximate surface area is 258 Å². The molecule has 0 nitrogen and oxygen atoms in total. The minimum absolute atomic E-state index is 0.203. The minimum Gasteiger partial charge on any atom is -0.214 e. The van der Waals surface area contributed by atoms with Gasteiger partial charge in [-0.15, -0.1) is 39.7 Å². The smallest absolute Gasteiger partial charge is 0.172 e. The van der Waals surface area contributed by atoms with E-state index in [4.69, 9.17) is 0 Å². The molecule has 0 bridgehead atoms. The van der Waals surface area contributed by atoms with E-state index in [1.54, 1.807) is 3.26 Å². The predicted octanol–water partition coefficient (Wildman–Crippen LogP) is 11.4. The van der Waals surface area contributed by atoms with E-state index in [0.29, 0.717) is 0 Å². The van der Waals surface area contributed by atoms with E-state index in [2.05, 4.69) is 121 Å². The Morgan fingerprint density at radius 1 is 0.650 bits per heavy atom. The largest absolute Gasteiger partial charge is 0.214 e. The zero-order valence-electron chi connectivity index (χ0n) is 25.9. The van der Waals surface area contributed by atoms with Gasteiger partial charge in [-0.25, -0.2) is 12.1 Å². The van der Waals surface area contributed by atoms with Crippen LogP contribution in [-0.2, 0) is 34.7 Å². The number of hydrogen-bond acceptors (Lipinski definition) is 0. The zero-order valence-corrected chi connectivity index (χ0v) is 29.4. The third-order valence-corrected chi connectivity index (χ3v) is 9.33. The number of benzene rings is 3. The van der Waals surface area contributed by atoms with Crippen LogP contribution in [-0.4, -0.2) is 3.26 Å². The maximum absolute atomic E-state index is 2.35. The number of fused-ring (bicyclic) bond motifs is 3. The van der Waals surface area contributed by atoms with Crippen LogP contribution in [0.2, 0.25) is 0 Å². The van der Waals surface area contributed by atoms with E-state index < -0.39 is 0 Å². The van der Waals surface area contributed by atoms with Crippen molar-refractivity contribution in [2.75, 3.05) is 0 Å². The van der Waals surface area contributed by atoms with Gasteiger partial charge in [-0.1, -0.05) is 76.9 Å². The van der Waals surface area contributed by atoms with Crippen LogP contribution in [0, 0.1) is 0 Å². The standard InChI is InChI=1S/C21H25.C13H18.C5H5.Hf/c1-20(2,3)16-7-9-18-14(12-16)11-15-13-17(21(4,5)6)8-10-19(15)18;1-2-3-4-5-7-10-13-11-8-6-9-12-13;1-2-4-5-3-1;/h7-13H,1-6H3;6,8-9,11-12H,2-5,7H2,1H3;1-5H;/q-1;;-1;+2. The zero-order chi connectivity index (χ0) is 29.2. The van der Waals surface area contributed by atoms with Crippen LogP contribution < -0.4 is 0 Å². The Morgan fingerprint density at radius 2 is 1.18 bits per heavy atom. The molecule has 5 rings (SSSR count). The molecule has 0 fully saturated rings. The molecule has 5 aromatic rings. The molecule has 0 amide bonds. The van der Waals surface area contributed by atoms with Crippen molar-refractivity contribution in [1.29, 1.82) is 0 Å². The first-order chi connectivity index (χ1) is 19.0. The third kappa shape index (κ3) is 9.62. The van der Waals surface area contributed by atoms with E-state index in [9.17, 15) is 0 Å². The third-order valence-electron chi connectivity index (χ3n) is 7.39. The topological polar surface area (TPSA) is 0 Å². The van der Waals surface area contributed by atoms with Crippen molar-refractivity contribution >= 4 is 24.8 Å². The molecule has 208 valence electrons. The van der Waals surface area contributed by atoms with Gasteiger partial charge in [-0.2, -0.15) is 18.2 Å². The quantitative estimate of drug-likeness (QED) is 0.0943. The van der Waals surface area contributed by atoms with Crippen LogP contribution in [0.1, 0.15) is 97.3 Å². The van der Waals surface area contributed by atoms with Gasteiger partial charge in [0.15, 0.2) is 0 Å². The first-order valence-electron chi connectivity index (χ1n) is 14.9. The summed E-state index contributed by atoms with van der Waals surface area (Å²) in [6.07, 6.45) is 6.82. The molecule has 0 saturated heterocycles. The molecule has 0 saturated carbocycles. The molecule has 0 N–H and O–H groups in total. The molecule has 5 aromatic carbocycles. The summed E-state index contributed by atoms with van der Waals surface area (Å²) in [5.74, 6) is 0. The van der Waals surface area contributed by atoms with E-state index in [1.807, 2.05) is 30.3 Å². The van der Waals surface area contributed by atoms with Gasteiger partial charge in [-0.05, 0) is 10.8 Å². The van der Waals surface area contributed by atoms with E-state index in [1.165, 1.54) is 94.2 Å². The monoisotopic (exact) mass is 696 g/mol. The van der Waals surface area contributed by atoms with Gasteiger partial charge < -0.3 is 0 Å². The van der Waals surface area contributed by atoms with Crippen LogP contribution in [0.15, 0.2) is 103 Å². The average molecular weight is 695 g/mol. The summed E-state index contributed by atoms with van der Waals surface area (Å²) in [5, 5.41) is 5.48. The van der Waals surface area contributed by atoms with Crippen molar-refractivity contribution in [3.63, 3.8) is 0 Å². The molecular weight excluding hydrogens is 647 g/mol. The second-order valence-electron chi connectivity index (χ2n) is 12.9. The summed E-state index contributed by atoms with van der Waals surface area (Å²) in [4.78, 5) is 0. The maximum Gasteiger partial charge on any atom is -0.172 e. The van der Waals surface area contributed by atoms with Gasteiger partial charge in [0.2, 0.25) is 0 Å². The van der Waals surface area contributed by atoms with Crippen molar-refractivity contribution in [2.45, 2.75) is 91.4 Å². The fourth-order valence-electron chi connectivity index (χ4n) is 4.79. The van der Waals surface area contributed by atoms with Gasteiger partial charge in [0.25, 0.3) is 0 Å². The van der Waals surface area contributed by atoms with Crippen LogP contribution in [0.3, 0.4) is 0 Å². The molecule has 40 heavy (non-hydrogen) atoms. The Hall–Kier alpha value is -2.38.